The number of hydrogen-bond donors (Lipinski definition) is 1. The van der Waals surface area contributed by atoms with Crippen molar-refractivity contribution in [3.8, 4) is 0 Å². The molecular weight excluding hydrogens is 184 g/mol. The molecule has 0 spiro atoms. The molecule has 1 aromatic carbocycles. The quantitative estimate of drug-likeness (QED) is 0.798. The van der Waals surface area contributed by atoms with Crippen molar-refractivity contribution in [1.29, 1.82) is 0 Å². The Morgan fingerprint density at radius 3 is 3.00 bits per heavy atom. The van der Waals surface area contributed by atoms with Crippen molar-refractivity contribution in [3.05, 3.63) is 29.3 Å². The zero-order valence-electron chi connectivity index (χ0n) is 9.66. The molecule has 0 radical (unpaired) electrons. The van der Waals surface area contributed by atoms with Crippen LogP contribution in [0.4, 0.5) is 5.69 Å². The minimum atomic E-state index is 0.247. The molecule has 2 heteroatoms. The van der Waals surface area contributed by atoms with E-state index in [1.807, 2.05) is 0 Å². The topological polar surface area (TPSA) is 29.3 Å². The minimum absolute atomic E-state index is 0.247. The molecule has 1 aromatic rings. The molecule has 2 rings (SSSR count). The van der Waals surface area contributed by atoms with Crippen LogP contribution in [0.2, 0.25) is 0 Å². The molecule has 1 unspecified atom stereocenters. The molecule has 0 amide bonds. The van der Waals surface area contributed by atoms with Gasteiger partial charge in [0.1, 0.15) is 0 Å². The van der Waals surface area contributed by atoms with Crippen molar-refractivity contribution in [2.45, 2.75) is 32.2 Å². The van der Waals surface area contributed by atoms with Crippen molar-refractivity contribution >= 4 is 5.69 Å². The van der Waals surface area contributed by atoms with Crippen LogP contribution in [0.15, 0.2) is 18.2 Å². The maximum atomic E-state index is 5.82. The summed E-state index contributed by atoms with van der Waals surface area (Å²) < 4.78 is 0. The normalized spacial score (nSPS) is 17.4. The second-order valence-electron chi connectivity index (χ2n) is 4.67. The Balaban J connectivity index is 2.27. The first-order valence-electron chi connectivity index (χ1n) is 5.75. The monoisotopic (exact) mass is 204 g/mol. The first-order chi connectivity index (χ1) is 7.16. The molecule has 0 saturated heterocycles. The summed E-state index contributed by atoms with van der Waals surface area (Å²) in [6.45, 7) is 3.23. The van der Waals surface area contributed by atoms with Gasteiger partial charge in [-0.05, 0) is 43.4 Å². The van der Waals surface area contributed by atoms with Gasteiger partial charge in [0, 0.05) is 25.3 Å². The third kappa shape index (κ3) is 2.32. The van der Waals surface area contributed by atoms with Crippen LogP contribution in [0.25, 0.3) is 0 Å². The summed E-state index contributed by atoms with van der Waals surface area (Å²) in [6.07, 6.45) is 3.47. The van der Waals surface area contributed by atoms with Crippen LogP contribution in [0.3, 0.4) is 0 Å². The van der Waals surface area contributed by atoms with E-state index in [2.05, 4.69) is 37.1 Å². The summed E-state index contributed by atoms with van der Waals surface area (Å²) in [5.74, 6) is 0. The molecule has 82 valence electrons. The number of nitrogens with zero attached hydrogens (tertiary/aromatic N) is 1. The largest absolute Gasteiger partial charge is 0.374 e. The van der Waals surface area contributed by atoms with Gasteiger partial charge in [-0.1, -0.05) is 12.1 Å². The van der Waals surface area contributed by atoms with Crippen molar-refractivity contribution in [1.82, 2.24) is 0 Å². The smallest absolute Gasteiger partial charge is 0.0398 e. The van der Waals surface area contributed by atoms with Crippen LogP contribution in [0.1, 0.15) is 24.5 Å². The van der Waals surface area contributed by atoms with Gasteiger partial charge in [-0.25, -0.2) is 0 Å². The summed E-state index contributed by atoms with van der Waals surface area (Å²) in [5, 5.41) is 0. The van der Waals surface area contributed by atoms with Crippen LogP contribution in [-0.4, -0.2) is 19.6 Å². The van der Waals surface area contributed by atoms with E-state index >= 15 is 0 Å². The lowest BCUT2D eigenvalue weighted by Crippen LogP contribution is -2.25. The lowest BCUT2D eigenvalue weighted by Gasteiger charge is -2.28. The molecular formula is C13H20N2. The van der Waals surface area contributed by atoms with Gasteiger partial charge >= 0.3 is 0 Å². The van der Waals surface area contributed by atoms with Crippen molar-refractivity contribution in [2.75, 3.05) is 18.5 Å². The summed E-state index contributed by atoms with van der Waals surface area (Å²) in [4.78, 5) is 2.35. The fourth-order valence-corrected chi connectivity index (χ4v) is 2.30. The Kier molecular flexibility index (Phi) is 2.96. The number of rotatable bonds is 2. The molecule has 0 aromatic heterocycles. The maximum absolute atomic E-state index is 5.82. The molecule has 0 bridgehead atoms. The molecule has 2 nitrogen and oxygen atoms in total. The highest BCUT2D eigenvalue weighted by atomic mass is 15.1. The molecule has 15 heavy (non-hydrogen) atoms. The molecule has 0 aliphatic carbocycles. The number of nitrogens with two attached hydrogens (primary N) is 1. The molecule has 1 aliphatic rings. The molecule has 1 aliphatic heterocycles. The number of benzene rings is 1. The third-order valence-corrected chi connectivity index (χ3v) is 3.06. The molecule has 2 N–H and O–H groups in total. The molecule has 0 saturated carbocycles. The standard InChI is InChI=1S/C13H20N2/c1-10(14)8-11-5-6-12-4-3-7-15(2)13(12)9-11/h5-6,9-10H,3-4,7-8,14H2,1-2H3. The van der Waals surface area contributed by atoms with Gasteiger partial charge in [-0.15, -0.1) is 0 Å². The van der Waals surface area contributed by atoms with E-state index in [-0.39, 0.29) is 6.04 Å². The average molecular weight is 204 g/mol. The van der Waals surface area contributed by atoms with Crippen LogP contribution in [0.5, 0.6) is 0 Å². The first-order valence-corrected chi connectivity index (χ1v) is 5.75. The van der Waals surface area contributed by atoms with Crippen molar-refractivity contribution < 1.29 is 0 Å². The Bertz CT molecular complexity index is 344. The van der Waals surface area contributed by atoms with Crippen LogP contribution in [-0.2, 0) is 12.8 Å². The van der Waals surface area contributed by atoms with E-state index in [0.717, 1.165) is 6.42 Å². The van der Waals surface area contributed by atoms with Crippen LogP contribution < -0.4 is 10.6 Å². The van der Waals surface area contributed by atoms with E-state index in [1.165, 1.54) is 36.2 Å². The molecule has 1 atom stereocenters. The van der Waals surface area contributed by atoms with Crippen LogP contribution in [0, 0.1) is 0 Å². The van der Waals surface area contributed by atoms with Crippen molar-refractivity contribution in [2.24, 2.45) is 5.73 Å². The van der Waals surface area contributed by atoms with Gasteiger partial charge < -0.3 is 10.6 Å². The van der Waals surface area contributed by atoms with E-state index in [9.17, 15) is 0 Å². The fraction of sp³-hybridized carbons (Fsp3) is 0.538. The zero-order chi connectivity index (χ0) is 10.8. The minimum Gasteiger partial charge on any atom is -0.374 e. The van der Waals surface area contributed by atoms with Gasteiger partial charge in [-0.2, -0.15) is 0 Å². The maximum Gasteiger partial charge on any atom is 0.0398 e. The second-order valence-corrected chi connectivity index (χ2v) is 4.67. The highest BCUT2D eigenvalue weighted by molar-refractivity contribution is 5.56. The van der Waals surface area contributed by atoms with E-state index in [4.69, 9.17) is 5.73 Å². The Morgan fingerprint density at radius 1 is 1.47 bits per heavy atom. The van der Waals surface area contributed by atoms with Gasteiger partial charge in [-0.3, -0.25) is 0 Å². The van der Waals surface area contributed by atoms with Gasteiger partial charge in [0.15, 0.2) is 0 Å². The van der Waals surface area contributed by atoms with Gasteiger partial charge in [0.2, 0.25) is 0 Å². The summed E-state index contributed by atoms with van der Waals surface area (Å²) in [6, 6.07) is 7.04. The second kappa shape index (κ2) is 4.23. The average Bonchev–Trinajstić information content (AvgIpc) is 2.18. The predicted octanol–water partition coefficient (Wildman–Crippen LogP) is 1.96. The fourth-order valence-electron chi connectivity index (χ4n) is 2.30. The number of anilines is 1. The van der Waals surface area contributed by atoms with Gasteiger partial charge in [0.25, 0.3) is 0 Å². The lowest BCUT2D eigenvalue weighted by molar-refractivity contribution is 0.725. The van der Waals surface area contributed by atoms with E-state index < -0.39 is 0 Å². The Hall–Kier alpha value is -1.02. The highest BCUT2D eigenvalue weighted by Crippen LogP contribution is 2.27. The Morgan fingerprint density at radius 2 is 2.27 bits per heavy atom. The SMILES string of the molecule is CC(N)Cc1ccc2c(c1)N(C)CCC2. The Labute approximate surface area is 92.1 Å². The number of hydrogen-bond acceptors (Lipinski definition) is 2. The zero-order valence-corrected chi connectivity index (χ0v) is 9.66. The van der Waals surface area contributed by atoms with Crippen molar-refractivity contribution in [3.63, 3.8) is 0 Å². The molecule has 0 fully saturated rings. The summed E-state index contributed by atoms with van der Waals surface area (Å²) in [7, 11) is 2.17. The summed E-state index contributed by atoms with van der Waals surface area (Å²) in [5.41, 5.74) is 10.1. The van der Waals surface area contributed by atoms with Crippen LogP contribution >= 0.6 is 0 Å². The highest BCUT2D eigenvalue weighted by Gasteiger charge is 2.13. The molecule has 1 heterocycles. The third-order valence-electron chi connectivity index (χ3n) is 3.06. The van der Waals surface area contributed by atoms with E-state index in [1.54, 1.807) is 0 Å². The lowest BCUT2D eigenvalue weighted by atomic mass is 9.98. The first kappa shape index (κ1) is 10.5. The number of fused-ring (bicyclic) bond motifs is 1. The number of aryl methyl sites for hydroxylation is 1. The summed E-state index contributed by atoms with van der Waals surface area (Å²) >= 11 is 0. The predicted molar refractivity (Wildman–Crippen MR) is 65.4 cm³/mol. The van der Waals surface area contributed by atoms with E-state index in [0.29, 0.717) is 0 Å². The van der Waals surface area contributed by atoms with Gasteiger partial charge in [0.05, 0.1) is 0 Å².